The van der Waals surface area contributed by atoms with Gasteiger partial charge in [-0.25, -0.2) is 4.79 Å². The lowest BCUT2D eigenvalue weighted by atomic mass is 9.92. The first kappa shape index (κ1) is 19.3. The van der Waals surface area contributed by atoms with Gasteiger partial charge in [-0.15, -0.1) is 0 Å². The number of amides is 1. The van der Waals surface area contributed by atoms with Crippen LogP contribution in [0.2, 0.25) is 0 Å². The number of ether oxygens (including phenoxy) is 3. The zero-order chi connectivity index (χ0) is 19.2. The molecular formula is C18H22N2O6. The Kier molecular flexibility index (Phi) is 6.21. The summed E-state index contributed by atoms with van der Waals surface area (Å²) < 4.78 is 20.2. The second kappa shape index (κ2) is 8.37. The fourth-order valence-corrected chi connectivity index (χ4v) is 1.86. The molecule has 2 rings (SSSR count). The fraction of sp³-hybridized carbons (Fsp3) is 0.389. The van der Waals surface area contributed by atoms with E-state index in [2.05, 4.69) is 10.5 Å². The minimum absolute atomic E-state index is 0.197. The second-order valence-electron chi connectivity index (χ2n) is 6.50. The van der Waals surface area contributed by atoms with Gasteiger partial charge in [-0.3, -0.25) is 10.1 Å². The molecule has 1 N–H and O–H groups in total. The van der Waals surface area contributed by atoms with Crippen LogP contribution in [0.5, 0.6) is 11.5 Å². The number of benzene rings is 1. The number of anilines is 1. The summed E-state index contributed by atoms with van der Waals surface area (Å²) in [5.41, 5.74) is 0.510. The van der Waals surface area contributed by atoms with Crippen molar-refractivity contribution >= 4 is 17.8 Å². The van der Waals surface area contributed by atoms with Crippen LogP contribution in [-0.4, -0.2) is 37.4 Å². The molecule has 0 aliphatic heterocycles. The summed E-state index contributed by atoms with van der Waals surface area (Å²) in [6, 6.07) is 8.37. The van der Waals surface area contributed by atoms with E-state index in [1.165, 1.54) is 0 Å². The third kappa shape index (κ3) is 5.80. The van der Waals surface area contributed by atoms with Crippen LogP contribution < -0.4 is 14.8 Å². The van der Waals surface area contributed by atoms with E-state index in [4.69, 9.17) is 18.7 Å². The first-order valence-corrected chi connectivity index (χ1v) is 7.97. The number of nitrogens with zero attached hydrogens (tertiary/aromatic N) is 1. The number of carbonyl (C=O) groups excluding carboxylic acids is 2. The molecule has 1 aromatic carbocycles. The van der Waals surface area contributed by atoms with Crippen LogP contribution >= 0.6 is 0 Å². The van der Waals surface area contributed by atoms with Crippen LogP contribution in [0.4, 0.5) is 5.88 Å². The van der Waals surface area contributed by atoms with Gasteiger partial charge in [0, 0.05) is 11.5 Å². The number of aromatic nitrogens is 1. The van der Waals surface area contributed by atoms with Crippen molar-refractivity contribution in [3.63, 3.8) is 0 Å². The maximum atomic E-state index is 11.8. The van der Waals surface area contributed by atoms with Crippen LogP contribution in [0, 0.1) is 0 Å². The van der Waals surface area contributed by atoms with Crippen molar-refractivity contribution in [2.45, 2.75) is 26.2 Å². The highest BCUT2D eigenvalue weighted by Crippen LogP contribution is 2.23. The molecule has 8 heteroatoms. The smallest absolute Gasteiger partial charge is 0.344 e. The van der Waals surface area contributed by atoms with Crippen LogP contribution in [0.25, 0.3) is 0 Å². The Bertz CT molecular complexity index is 746. The molecule has 0 saturated heterocycles. The number of nitrogens with one attached hydrogen (secondary N) is 1. The number of carbonyl (C=O) groups is 2. The summed E-state index contributed by atoms with van der Waals surface area (Å²) in [5, 5.41) is 6.36. The molecule has 1 aromatic heterocycles. The first-order valence-electron chi connectivity index (χ1n) is 7.97. The monoisotopic (exact) mass is 362 g/mol. The maximum Gasteiger partial charge on any atom is 0.344 e. The third-order valence-electron chi connectivity index (χ3n) is 3.32. The normalized spacial score (nSPS) is 10.9. The Morgan fingerprint density at radius 2 is 1.77 bits per heavy atom. The molecule has 0 unspecified atom stereocenters. The number of esters is 1. The Morgan fingerprint density at radius 1 is 1.12 bits per heavy atom. The number of methoxy groups -OCH3 is 1. The summed E-state index contributed by atoms with van der Waals surface area (Å²) in [7, 11) is 1.56. The third-order valence-corrected chi connectivity index (χ3v) is 3.32. The zero-order valence-electron chi connectivity index (χ0n) is 15.2. The van der Waals surface area contributed by atoms with E-state index < -0.39 is 18.5 Å². The van der Waals surface area contributed by atoms with E-state index >= 15 is 0 Å². The molecule has 8 nitrogen and oxygen atoms in total. The van der Waals surface area contributed by atoms with Crippen molar-refractivity contribution in [2.75, 3.05) is 25.6 Å². The van der Waals surface area contributed by atoms with Gasteiger partial charge in [0.25, 0.3) is 5.91 Å². The van der Waals surface area contributed by atoms with Gasteiger partial charge in [-0.1, -0.05) is 25.9 Å². The maximum absolute atomic E-state index is 11.8. The van der Waals surface area contributed by atoms with Crippen LogP contribution in [0.15, 0.2) is 34.9 Å². The summed E-state index contributed by atoms with van der Waals surface area (Å²) in [6.07, 6.45) is 0. The topological polar surface area (TPSA) is 99.9 Å². The summed E-state index contributed by atoms with van der Waals surface area (Å²) in [6.45, 7) is 5.16. The van der Waals surface area contributed by atoms with E-state index in [1.54, 1.807) is 37.4 Å². The van der Waals surface area contributed by atoms with E-state index in [-0.39, 0.29) is 17.9 Å². The van der Waals surface area contributed by atoms with Crippen molar-refractivity contribution in [3.05, 3.63) is 36.0 Å². The molecule has 140 valence electrons. The van der Waals surface area contributed by atoms with E-state index in [0.29, 0.717) is 17.2 Å². The lowest BCUT2D eigenvalue weighted by Crippen LogP contribution is -2.23. The van der Waals surface area contributed by atoms with Crippen molar-refractivity contribution in [1.82, 2.24) is 5.16 Å². The zero-order valence-corrected chi connectivity index (χ0v) is 15.2. The van der Waals surface area contributed by atoms with Gasteiger partial charge in [0.15, 0.2) is 13.2 Å². The second-order valence-corrected chi connectivity index (χ2v) is 6.50. The highest BCUT2D eigenvalue weighted by Gasteiger charge is 2.20. The van der Waals surface area contributed by atoms with Gasteiger partial charge in [0.1, 0.15) is 11.5 Å². The quantitative estimate of drug-likeness (QED) is 0.756. The molecule has 1 amide bonds. The summed E-state index contributed by atoms with van der Waals surface area (Å²) >= 11 is 0. The van der Waals surface area contributed by atoms with Gasteiger partial charge in [-0.05, 0) is 24.3 Å². The van der Waals surface area contributed by atoms with Crippen molar-refractivity contribution in [3.8, 4) is 11.5 Å². The van der Waals surface area contributed by atoms with Gasteiger partial charge in [0.05, 0.1) is 12.8 Å². The molecule has 0 aliphatic rings. The lowest BCUT2D eigenvalue weighted by Gasteiger charge is -2.12. The average molecular weight is 362 g/mol. The van der Waals surface area contributed by atoms with Crippen LogP contribution in [-0.2, 0) is 19.7 Å². The minimum atomic E-state index is -0.663. The van der Waals surface area contributed by atoms with Gasteiger partial charge in [0.2, 0.25) is 5.88 Å². The SMILES string of the molecule is COc1ccc(OCC(=O)OCC(=O)Nc2cc(C(C)(C)C)no2)cc1. The molecule has 0 saturated carbocycles. The molecule has 0 bridgehead atoms. The number of hydrogen-bond acceptors (Lipinski definition) is 7. The predicted molar refractivity (Wildman–Crippen MR) is 93.3 cm³/mol. The highest BCUT2D eigenvalue weighted by molar-refractivity contribution is 5.91. The van der Waals surface area contributed by atoms with Gasteiger partial charge >= 0.3 is 5.97 Å². The van der Waals surface area contributed by atoms with Crippen molar-refractivity contribution in [2.24, 2.45) is 0 Å². The Balaban J connectivity index is 1.72. The molecular weight excluding hydrogens is 340 g/mol. The Hall–Kier alpha value is -3.03. The van der Waals surface area contributed by atoms with E-state index in [1.807, 2.05) is 20.8 Å². The van der Waals surface area contributed by atoms with E-state index in [9.17, 15) is 9.59 Å². The molecule has 0 aliphatic carbocycles. The van der Waals surface area contributed by atoms with Gasteiger partial charge < -0.3 is 18.7 Å². The lowest BCUT2D eigenvalue weighted by molar-refractivity contribution is -0.149. The Labute approximate surface area is 151 Å². The summed E-state index contributed by atoms with van der Waals surface area (Å²) in [5.74, 6) is 0.177. The predicted octanol–water partition coefficient (Wildman–Crippen LogP) is 2.54. The summed E-state index contributed by atoms with van der Waals surface area (Å²) in [4.78, 5) is 23.4. The van der Waals surface area contributed by atoms with Gasteiger partial charge in [-0.2, -0.15) is 0 Å². The minimum Gasteiger partial charge on any atom is -0.497 e. The fourth-order valence-electron chi connectivity index (χ4n) is 1.86. The first-order chi connectivity index (χ1) is 12.3. The standard InChI is InChI=1S/C18H22N2O6/c1-18(2,3)14-9-16(26-20-14)19-15(21)10-25-17(22)11-24-13-7-5-12(23-4)6-8-13/h5-9H,10-11H2,1-4H3,(H,19,21). The molecule has 0 radical (unpaired) electrons. The van der Waals surface area contributed by atoms with Crippen LogP contribution in [0.3, 0.4) is 0 Å². The molecule has 0 spiro atoms. The Morgan fingerprint density at radius 3 is 2.35 bits per heavy atom. The van der Waals surface area contributed by atoms with Crippen molar-refractivity contribution in [1.29, 1.82) is 0 Å². The van der Waals surface area contributed by atoms with E-state index in [0.717, 1.165) is 0 Å². The van der Waals surface area contributed by atoms with Crippen LogP contribution in [0.1, 0.15) is 26.5 Å². The molecule has 1 heterocycles. The highest BCUT2D eigenvalue weighted by atomic mass is 16.6. The largest absolute Gasteiger partial charge is 0.497 e. The molecule has 0 fully saturated rings. The van der Waals surface area contributed by atoms with Crippen molar-refractivity contribution < 1.29 is 28.3 Å². The molecule has 0 atom stereocenters. The molecule has 2 aromatic rings. The average Bonchev–Trinajstić information content (AvgIpc) is 3.07. The number of rotatable bonds is 7. The number of hydrogen-bond donors (Lipinski definition) is 1. The molecule has 26 heavy (non-hydrogen) atoms.